The lowest BCUT2D eigenvalue weighted by atomic mass is 10.2. The van der Waals surface area contributed by atoms with E-state index in [1.54, 1.807) is 6.41 Å². The maximum absolute atomic E-state index is 10.1. The molecule has 1 aromatic heterocycles. The first kappa shape index (κ1) is 9.79. The molecule has 0 atom stereocenters. The number of aromatic nitrogens is 2. The minimum absolute atomic E-state index is 0.459. The summed E-state index contributed by atoms with van der Waals surface area (Å²) in [6.45, 7) is 2.03. The highest BCUT2D eigenvalue weighted by Crippen LogP contribution is 2.25. The molecule has 1 N–H and O–H groups in total. The van der Waals surface area contributed by atoms with Crippen LogP contribution in [0.1, 0.15) is 5.56 Å². The number of aryl methyl sites for hydroxylation is 1. The number of carbonyl (C=O) groups excluding carboxylic acids is 1. The molecule has 0 fully saturated rings. The van der Waals surface area contributed by atoms with Gasteiger partial charge >= 0.3 is 6.41 Å². The van der Waals surface area contributed by atoms with Gasteiger partial charge in [-0.3, -0.25) is 10.1 Å². The zero-order chi connectivity index (χ0) is 10.7. The maximum atomic E-state index is 10.1. The third-order valence-electron chi connectivity index (χ3n) is 1.88. The van der Waals surface area contributed by atoms with Gasteiger partial charge in [0.25, 0.3) is 0 Å². The van der Waals surface area contributed by atoms with Crippen LogP contribution in [-0.2, 0) is 4.79 Å². The summed E-state index contributed by atoms with van der Waals surface area (Å²) in [4.78, 5) is 10.1. The Morgan fingerprint density at radius 3 is 2.67 bits per heavy atom. The molecule has 2 rings (SSSR count). The maximum Gasteiger partial charge on any atom is 0.315 e. The van der Waals surface area contributed by atoms with E-state index in [0.29, 0.717) is 5.13 Å². The van der Waals surface area contributed by atoms with Crippen LogP contribution in [0.15, 0.2) is 24.3 Å². The summed E-state index contributed by atoms with van der Waals surface area (Å²) in [5, 5.41) is 11.4. The van der Waals surface area contributed by atoms with Crippen molar-refractivity contribution in [3.63, 3.8) is 0 Å². The Kier molecular flexibility index (Phi) is 2.73. The molecular formula is C10H8N3OS. The Morgan fingerprint density at radius 1 is 1.27 bits per heavy atom. The molecule has 5 heteroatoms. The van der Waals surface area contributed by atoms with Crippen molar-refractivity contribution in [2.75, 3.05) is 5.32 Å². The molecule has 4 nitrogen and oxygen atoms in total. The second-order valence-corrected chi connectivity index (χ2v) is 3.98. The van der Waals surface area contributed by atoms with Gasteiger partial charge in [-0.05, 0) is 6.92 Å². The zero-order valence-corrected chi connectivity index (χ0v) is 8.84. The third-order valence-corrected chi connectivity index (χ3v) is 2.77. The normalized spacial score (nSPS) is 9.93. The van der Waals surface area contributed by atoms with E-state index in [9.17, 15) is 4.79 Å². The first-order valence-electron chi connectivity index (χ1n) is 4.33. The highest BCUT2D eigenvalue weighted by atomic mass is 32.1. The number of hydrogen-bond acceptors (Lipinski definition) is 4. The van der Waals surface area contributed by atoms with Crippen molar-refractivity contribution in [2.24, 2.45) is 0 Å². The molecule has 0 aliphatic heterocycles. The van der Waals surface area contributed by atoms with Crippen LogP contribution >= 0.6 is 11.3 Å². The Labute approximate surface area is 91.0 Å². The first-order valence-corrected chi connectivity index (χ1v) is 5.15. The second kappa shape index (κ2) is 4.18. The smallest absolute Gasteiger partial charge is 0.292 e. The second-order valence-electron chi connectivity index (χ2n) is 3.01. The molecule has 1 heterocycles. The number of nitrogens with one attached hydrogen (secondary N) is 1. The van der Waals surface area contributed by atoms with E-state index in [4.69, 9.17) is 0 Å². The molecule has 2 aromatic rings. The minimum Gasteiger partial charge on any atom is -0.292 e. The van der Waals surface area contributed by atoms with Gasteiger partial charge in [0, 0.05) is 5.56 Å². The molecule has 15 heavy (non-hydrogen) atoms. The van der Waals surface area contributed by atoms with Gasteiger partial charge in [-0.15, -0.1) is 10.2 Å². The fourth-order valence-corrected chi connectivity index (χ4v) is 1.82. The van der Waals surface area contributed by atoms with Gasteiger partial charge < -0.3 is 0 Å². The van der Waals surface area contributed by atoms with Crippen LogP contribution in [0.25, 0.3) is 10.6 Å². The third kappa shape index (κ3) is 2.19. The topological polar surface area (TPSA) is 54.9 Å². The summed E-state index contributed by atoms with van der Waals surface area (Å²) < 4.78 is 0. The average molecular weight is 218 g/mol. The number of benzene rings is 1. The van der Waals surface area contributed by atoms with E-state index in [2.05, 4.69) is 15.5 Å². The summed E-state index contributed by atoms with van der Waals surface area (Å²) in [6, 6.07) is 7.97. The Morgan fingerprint density at radius 2 is 2.00 bits per heavy atom. The largest absolute Gasteiger partial charge is 0.315 e. The molecule has 0 bridgehead atoms. The van der Waals surface area contributed by atoms with E-state index >= 15 is 0 Å². The molecule has 75 valence electrons. The summed E-state index contributed by atoms with van der Waals surface area (Å²) >= 11 is 1.32. The van der Waals surface area contributed by atoms with Crippen molar-refractivity contribution in [3.05, 3.63) is 29.8 Å². The molecule has 0 aliphatic rings. The highest BCUT2D eigenvalue weighted by molar-refractivity contribution is 7.18. The van der Waals surface area contributed by atoms with Crippen LogP contribution in [0.4, 0.5) is 5.13 Å². The van der Waals surface area contributed by atoms with Crippen molar-refractivity contribution in [2.45, 2.75) is 6.92 Å². The molecule has 0 aliphatic carbocycles. The van der Waals surface area contributed by atoms with Crippen LogP contribution in [0.5, 0.6) is 0 Å². The van der Waals surface area contributed by atoms with E-state index in [1.807, 2.05) is 31.2 Å². The fraction of sp³-hybridized carbons (Fsp3) is 0.100. The molecular weight excluding hydrogens is 210 g/mol. The van der Waals surface area contributed by atoms with E-state index in [1.165, 1.54) is 16.9 Å². The van der Waals surface area contributed by atoms with Gasteiger partial charge in [0.2, 0.25) is 5.13 Å². The molecule has 1 radical (unpaired) electrons. The minimum atomic E-state index is 0.459. The number of nitrogens with zero attached hydrogens (tertiary/aromatic N) is 2. The lowest BCUT2D eigenvalue weighted by molar-refractivity contribution is 0.561. The standard InChI is InChI=1S/C10H8N3OS/c1-7-2-4-8(5-3-7)9-12-13-10(15-9)11-6-14/h2-5H,1H3,(H,11,13,14). The summed E-state index contributed by atoms with van der Waals surface area (Å²) in [6.07, 6.45) is 1.57. The van der Waals surface area contributed by atoms with Crippen LogP contribution < -0.4 is 5.32 Å². The van der Waals surface area contributed by atoms with Crippen molar-refractivity contribution in [3.8, 4) is 10.6 Å². The Bertz CT molecular complexity index is 464. The quantitative estimate of drug-likeness (QED) is 0.801. The van der Waals surface area contributed by atoms with Crippen molar-refractivity contribution in [1.82, 2.24) is 10.2 Å². The van der Waals surface area contributed by atoms with Crippen molar-refractivity contribution in [1.29, 1.82) is 0 Å². The van der Waals surface area contributed by atoms with Crippen molar-refractivity contribution >= 4 is 22.9 Å². The van der Waals surface area contributed by atoms with E-state index in [-0.39, 0.29) is 0 Å². The van der Waals surface area contributed by atoms with Gasteiger partial charge in [0.15, 0.2) is 0 Å². The Hall–Kier alpha value is -1.75. The summed E-state index contributed by atoms with van der Waals surface area (Å²) in [5.74, 6) is 0. The van der Waals surface area contributed by atoms with E-state index < -0.39 is 0 Å². The zero-order valence-electron chi connectivity index (χ0n) is 8.02. The SMILES string of the molecule is Cc1ccc(-c2nnc(N[C]=O)s2)cc1. The lowest BCUT2D eigenvalue weighted by Crippen LogP contribution is -1.91. The molecule has 1 amide bonds. The molecule has 0 saturated heterocycles. The summed E-state index contributed by atoms with van der Waals surface area (Å²) in [5.41, 5.74) is 2.19. The van der Waals surface area contributed by atoms with Crippen LogP contribution in [0.3, 0.4) is 0 Å². The van der Waals surface area contributed by atoms with Gasteiger partial charge in [-0.25, -0.2) is 0 Å². The number of amides is 1. The lowest BCUT2D eigenvalue weighted by Gasteiger charge is -1.94. The van der Waals surface area contributed by atoms with Gasteiger partial charge in [0.05, 0.1) is 0 Å². The first-order chi connectivity index (χ1) is 7.29. The van der Waals surface area contributed by atoms with E-state index in [0.717, 1.165) is 10.6 Å². The number of rotatable bonds is 3. The van der Waals surface area contributed by atoms with Gasteiger partial charge in [-0.2, -0.15) is 0 Å². The van der Waals surface area contributed by atoms with Gasteiger partial charge in [0.1, 0.15) is 5.01 Å². The van der Waals surface area contributed by atoms with Crippen LogP contribution in [-0.4, -0.2) is 16.6 Å². The molecule has 0 unspecified atom stereocenters. The summed E-state index contributed by atoms with van der Waals surface area (Å²) in [7, 11) is 0. The molecule has 1 aromatic carbocycles. The Balaban J connectivity index is 2.28. The molecule has 0 spiro atoms. The number of hydrogen-bond donors (Lipinski definition) is 1. The van der Waals surface area contributed by atoms with Crippen LogP contribution in [0, 0.1) is 6.92 Å². The van der Waals surface area contributed by atoms with Crippen LogP contribution in [0.2, 0.25) is 0 Å². The fourth-order valence-electron chi connectivity index (χ4n) is 1.13. The monoisotopic (exact) mass is 218 g/mol. The predicted molar refractivity (Wildman–Crippen MR) is 59.4 cm³/mol. The molecule has 0 saturated carbocycles. The predicted octanol–water partition coefficient (Wildman–Crippen LogP) is 1.99. The highest BCUT2D eigenvalue weighted by Gasteiger charge is 2.05. The number of anilines is 1. The average Bonchev–Trinajstić information content (AvgIpc) is 2.68. The van der Waals surface area contributed by atoms with Crippen molar-refractivity contribution < 1.29 is 4.79 Å². The van der Waals surface area contributed by atoms with Gasteiger partial charge in [-0.1, -0.05) is 41.2 Å².